The van der Waals surface area contributed by atoms with Gasteiger partial charge >= 0.3 is 0 Å². The lowest BCUT2D eigenvalue weighted by molar-refractivity contribution is -0.118. The largest absolute Gasteiger partial charge is 0.325 e. The molecule has 2 heterocycles. The number of carbonyl (C=O) groups excluding carboxylic acids is 1. The lowest BCUT2D eigenvalue weighted by atomic mass is 9.96. The Kier molecular flexibility index (Phi) is 3.91. The molecule has 1 atom stereocenters. The summed E-state index contributed by atoms with van der Waals surface area (Å²) in [6.07, 6.45) is 3.52. The Morgan fingerprint density at radius 2 is 2.22 bits per heavy atom. The van der Waals surface area contributed by atoms with E-state index in [1.165, 1.54) is 35.4 Å². The Labute approximate surface area is 139 Å². The summed E-state index contributed by atoms with van der Waals surface area (Å²) in [4.78, 5) is 16.1. The zero-order valence-electron chi connectivity index (χ0n) is 12.8. The minimum Gasteiger partial charge on any atom is -0.325 e. The van der Waals surface area contributed by atoms with Crippen LogP contribution in [0.15, 0.2) is 35.7 Å². The standard InChI is InChI=1S/C18H19FN2OS/c19-13-2-1-3-14(10-13)20-17(22)11-21-8-6-16-15(7-9-23-16)18(21)12-4-5-12/h1-3,7,9-10,12,18H,4-6,8,11H2,(H,20,22)/t18-/m0/s1. The Hall–Kier alpha value is -1.72. The number of benzene rings is 1. The summed E-state index contributed by atoms with van der Waals surface area (Å²) in [6.45, 7) is 1.29. The molecule has 1 N–H and O–H groups in total. The molecule has 1 aromatic carbocycles. The summed E-state index contributed by atoms with van der Waals surface area (Å²) in [5.74, 6) is 0.282. The lowest BCUT2D eigenvalue weighted by Crippen LogP contribution is -2.41. The van der Waals surface area contributed by atoms with Gasteiger partial charge in [-0.05, 0) is 60.4 Å². The number of carbonyl (C=O) groups is 1. The second-order valence-electron chi connectivity index (χ2n) is 6.36. The highest BCUT2D eigenvalue weighted by molar-refractivity contribution is 7.10. The van der Waals surface area contributed by atoms with Gasteiger partial charge in [0.25, 0.3) is 0 Å². The molecular weight excluding hydrogens is 311 g/mol. The quantitative estimate of drug-likeness (QED) is 0.924. The van der Waals surface area contributed by atoms with E-state index in [1.807, 2.05) is 11.3 Å². The number of nitrogens with zero attached hydrogens (tertiary/aromatic N) is 1. The SMILES string of the molecule is O=C(CN1CCc2sccc2[C@@H]1C1CC1)Nc1cccc(F)c1. The molecule has 120 valence electrons. The van der Waals surface area contributed by atoms with Crippen LogP contribution in [0.2, 0.25) is 0 Å². The van der Waals surface area contributed by atoms with Gasteiger partial charge in [-0.25, -0.2) is 4.39 Å². The van der Waals surface area contributed by atoms with Gasteiger partial charge < -0.3 is 5.32 Å². The molecule has 1 amide bonds. The number of amides is 1. The Bertz CT molecular complexity index is 725. The van der Waals surface area contributed by atoms with E-state index < -0.39 is 0 Å². The Morgan fingerprint density at radius 1 is 1.35 bits per heavy atom. The number of fused-ring (bicyclic) bond motifs is 1. The van der Waals surface area contributed by atoms with Crippen molar-refractivity contribution in [1.82, 2.24) is 4.90 Å². The third-order valence-electron chi connectivity index (χ3n) is 4.64. The average molecular weight is 330 g/mol. The Balaban J connectivity index is 1.46. The van der Waals surface area contributed by atoms with Gasteiger partial charge in [0.15, 0.2) is 0 Å². The minimum absolute atomic E-state index is 0.0695. The van der Waals surface area contributed by atoms with Crippen molar-refractivity contribution >= 4 is 22.9 Å². The number of hydrogen-bond donors (Lipinski definition) is 1. The van der Waals surface area contributed by atoms with Gasteiger partial charge in [0.2, 0.25) is 5.91 Å². The van der Waals surface area contributed by atoms with Crippen LogP contribution >= 0.6 is 11.3 Å². The van der Waals surface area contributed by atoms with Crippen molar-refractivity contribution < 1.29 is 9.18 Å². The van der Waals surface area contributed by atoms with Crippen LogP contribution in [0, 0.1) is 11.7 Å². The van der Waals surface area contributed by atoms with E-state index in [1.54, 1.807) is 12.1 Å². The lowest BCUT2D eigenvalue weighted by Gasteiger charge is -2.35. The topological polar surface area (TPSA) is 32.3 Å². The van der Waals surface area contributed by atoms with Gasteiger partial charge in [-0.1, -0.05) is 6.07 Å². The molecule has 0 unspecified atom stereocenters. The van der Waals surface area contributed by atoms with E-state index in [-0.39, 0.29) is 11.7 Å². The fourth-order valence-electron chi connectivity index (χ4n) is 3.49. The van der Waals surface area contributed by atoms with Crippen LogP contribution in [0.5, 0.6) is 0 Å². The van der Waals surface area contributed by atoms with Crippen molar-refractivity contribution in [3.63, 3.8) is 0 Å². The number of rotatable bonds is 4. The molecule has 5 heteroatoms. The first-order valence-corrected chi connectivity index (χ1v) is 8.94. The van der Waals surface area contributed by atoms with Crippen molar-refractivity contribution in [3.05, 3.63) is 52.0 Å². The van der Waals surface area contributed by atoms with Gasteiger partial charge in [0, 0.05) is 23.2 Å². The van der Waals surface area contributed by atoms with Gasteiger partial charge in [-0.3, -0.25) is 9.69 Å². The van der Waals surface area contributed by atoms with Crippen molar-refractivity contribution in [2.45, 2.75) is 25.3 Å². The molecule has 1 aliphatic carbocycles. The molecule has 0 bridgehead atoms. The zero-order chi connectivity index (χ0) is 15.8. The van der Waals surface area contributed by atoms with Crippen molar-refractivity contribution in [1.29, 1.82) is 0 Å². The maximum Gasteiger partial charge on any atom is 0.238 e. The second-order valence-corrected chi connectivity index (χ2v) is 7.36. The van der Waals surface area contributed by atoms with Crippen LogP contribution in [0.3, 0.4) is 0 Å². The summed E-state index contributed by atoms with van der Waals surface area (Å²) < 4.78 is 13.2. The molecule has 4 rings (SSSR count). The number of hydrogen-bond acceptors (Lipinski definition) is 3. The summed E-state index contributed by atoms with van der Waals surface area (Å²) in [5, 5.41) is 4.97. The van der Waals surface area contributed by atoms with Crippen molar-refractivity contribution in [3.8, 4) is 0 Å². The summed E-state index contributed by atoms with van der Waals surface area (Å²) >= 11 is 1.83. The van der Waals surface area contributed by atoms with E-state index in [0.717, 1.165) is 13.0 Å². The van der Waals surface area contributed by atoms with E-state index in [2.05, 4.69) is 21.7 Å². The highest BCUT2D eigenvalue weighted by Crippen LogP contribution is 2.48. The van der Waals surface area contributed by atoms with Gasteiger partial charge in [-0.2, -0.15) is 0 Å². The van der Waals surface area contributed by atoms with Crippen LogP contribution < -0.4 is 5.32 Å². The van der Waals surface area contributed by atoms with E-state index in [4.69, 9.17) is 0 Å². The summed E-state index contributed by atoms with van der Waals surface area (Å²) in [6, 6.07) is 8.65. The molecule has 1 aliphatic heterocycles. The molecule has 0 saturated heterocycles. The number of halogens is 1. The smallest absolute Gasteiger partial charge is 0.238 e. The first-order chi connectivity index (χ1) is 11.2. The average Bonchev–Trinajstić information content (AvgIpc) is 3.23. The monoisotopic (exact) mass is 330 g/mol. The number of anilines is 1. The second kappa shape index (κ2) is 6.06. The van der Waals surface area contributed by atoms with Crippen LogP contribution in [-0.4, -0.2) is 23.9 Å². The predicted molar refractivity (Wildman–Crippen MR) is 90.1 cm³/mol. The molecule has 2 aliphatic rings. The van der Waals surface area contributed by atoms with Crippen molar-refractivity contribution in [2.24, 2.45) is 5.92 Å². The van der Waals surface area contributed by atoms with Crippen LogP contribution in [0.1, 0.15) is 29.3 Å². The molecule has 1 aromatic heterocycles. The first-order valence-electron chi connectivity index (χ1n) is 8.06. The zero-order valence-corrected chi connectivity index (χ0v) is 13.6. The normalized spacial score (nSPS) is 21.0. The highest BCUT2D eigenvalue weighted by Gasteiger charge is 2.40. The van der Waals surface area contributed by atoms with Gasteiger partial charge in [0.05, 0.1) is 6.54 Å². The van der Waals surface area contributed by atoms with Crippen molar-refractivity contribution in [2.75, 3.05) is 18.4 Å². The molecule has 0 radical (unpaired) electrons. The summed E-state index contributed by atoms with van der Waals surface area (Å²) in [5.41, 5.74) is 1.94. The predicted octanol–water partition coefficient (Wildman–Crippen LogP) is 3.84. The third-order valence-corrected chi connectivity index (χ3v) is 5.64. The maximum absolute atomic E-state index is 13.2. The number of thiophene rings is 1. The highest BCUT2D eigenvalue weighted by atomic mass is 32.1. The first kappa shape index (κ1) is 14.8. The van der Waals surface area contributed by atoms with E-state index >= 15 is 0 Å². The molecule has 0 spiro atoms. The molecule has 1 saturated carbocycles. The van der Waals surface area contributed by atoms with E-state index in [0.29, 0.717) is 24.2 Å². The summed E-state index contributed by atoms with van der Waals surface area (Å²) in [7, 11) is 0. The fourth-order valence-corrected chi connectivity index (χ4v) is 4.40. The molecule has 1 fully saturated rings. The molecule has 23 heavy (non-hydrogen) atoms. The van der Waals surface area contributed by atoms with Crippen LogP contribution in [-0.2, 0) is 11.2 Å². The minimum atomic E-state index is -0.334. The van der Waals surface area contributed by atoms with Crippen LogP contribution in [0.25, 0.3) is 0 Å². The Morgan fingerprint density at radius 3 is 3.00 bits per heavy atom. The molecular formula is C18H19FN2OS. The number of nitrogens with one attached hydrogen (secondary N) is 1. The van der Waals surface area contributed by atoms with Gasteiger partial charge in [0.1, 0.15) is 5.82 Å². The third kappa shape index (κ3) is 3.16. The molecule has 2 aromatic rings. The van der Waals surface area contributed by atoms with E-state index in [9.17, 15) is 9.18 Å². The van der Waals surface area contributed by atoms with Crippen LogP contribution in [0.4, 0.5) is 10.1 Å². The molecule has 3 nitrogen and oxygen atoms in total. The van der Waals surface area contributed by atoms with Gasteiger partial charge in [-0.15, -0.1) is 11.3 Å². The maximum atomic E-state index is 13.2. The fraction of sp³-hybridized carbons (Fsp3) is 0.389.